The third-order valence-electron chi connectivity index (χ3n) is 2.18. The zero-order valence-electron chi connectivity index (χ0n) is 11.9. The van der Waals surface area contributed by atoms with Gasteiger partial charge in [-0.25, -0.2) is 9.78 Å². The molecule has 20 heavy (non-hydrogen) atoms. The number of amides is 1. The summed E-state index contributed by atoms with van der Waals surface area (Å²) >= 11 is 0. The summed E-state index contributed by atoms with van der Waals surface area (Å²) in [5, 5.41) is 2.61. The predicted octanol–water partition coefficient (Wildman–Crippen LogP) is 2.73. The Kier molecular flexibility index (Phi) is 5.49. The number of nitrogens with zero attached hydrogens (tertiary/aromatic N) is 1. The number of nitrogens with one attached hydrogen (secondary N) is 1. The van der Waals surface area contributed by atoms with Gasteiger partial charge in [-0.2, -0.15) is 4.39 Å². The average molecular weight is 281 g/mol. The van der Waals surface area contributed by atoms with Crippen LogP contribution in [0.5, 0.6) is 0 Å². The molecule has 0 aliphatic rings. The van der Waals surface area contributed by atoms with Crippen molar-refractivity contribution in [2.45, 2.75) is 32.8 Å². The quantitative estimate of drug-likeness (QED) is 0.657. The Morgan fingerprint density at radius 1 is 1.50 bits per heavy atom. The number of ether oxygens (including phenoxy) is 1. The highest BCUT2D eigenvalue weighted by atomic mass is 19.1. The van der Waals surface area contributed by atoms with Gasteiger partial charge in [-0.1, -0.05) is 6.08 Å². The minimum atomic E-state index is -0.578. The van der Waals surface area contributed by atoms with E-state index in [1.807, 2.05) is 0 Å². The zero-order valence-corrected chi connectivity index (χ0v) is 11.9. The van der Waals surface area contributed by atoms with Crippen molar-refractivity contribution in [1.29, 1.82) is 0 Å². The standard InChI is InChI=1S/C14H20FN3O2/c1-14(2,3)20-13(19)17-9-5-4-6-11-10(16)7-8-12(15)18-11/h4,6-8H,5,9,16H2,1-3H3,(H,17,19). The van der Waals surface area contributed by atoms with E-state index < -0.39 is 17.6 Å². The highest BCUT2D eigenvalue weighted by Crippen LogP contribution is 2.11. The van der Waals surface area contributed by atoms with Crippen LogP contribution in [-0.2, 0) is 4.74 Å². The summed E-state index contributed by atoms with van der Waals surface area (Å²) in [6, 6.07) is 2.66. The molecule has 0 aliphatic carbocycles. The Morgan fingerprint density at radius 2 is 2.20 bits per heavy atom. The first-order valence-corrected chi connectivity index (χ1v) is 6.33. The average Bonchev–Trinajstić information content (AvgIpc) is 2.30. The van der Waals surface area contributed by atoms with E-state index in [9.17, 15) is 9.18 Å². The second-order valence-corrected chi connectivity index (χ2v) is 5.23. The second kappa shape index (κ2) is 6.88. The Morgan fingerprint density at radius 3 is 2.85 bits per heavy atom. The van der Waals surface area contributed by atoms with Crippen molar-refractivity contribution in [1.82, 2.24) is 10.3 Å². The van der Waals surface area contributed by atoms with Crippen LogP contribution < -0.4 is 11.1 Å². The van der Waals surface area contributed by atoms with Gasteiger partial charge in [0.25, 0.3) is 0 Å². The zero-order chi connectivity index (χ0) is 15.2. The molecule has 1 aromatic rings. The molecule has 0 radical (unpaired) electrons. The highest BCUT2D eigenvalue weighted by molar-refractivity contribution is 5.67. The van der Waals surface area contributed by atoms with Crippen LogP contribution in [0.3, 0.4) is 0 Å². The van der Waals surface area contributed by atoms with Gasteiger partial charge in [-0.3, -0.25) is 0 Å². The maximum atomic E-state index is 12.9. The molecular weight excluding hydrogens is 261 g/mol. The minimum absolute atomic E-state index is 0.377. The third kappa shape index (κ3) is 6.17. The molecule has 0 bridgehead atoms. The van der Waals surface area contributed by atoms with Gasteiger partial charge in [-0.05, 0) is 45.4 Å². The van der Waals surface area contributed by atoms with Gasteiger partial charge >= 0.3 is 6.09 Å². The van der Waals surface area contributed by atoms with E-state index in [4.69, 9.17) is 10.5 Å². The molecule has 110 valence electrons. The topological polar surface area (TPSA) is 77.2 Å². The molecule has 3 N–H and O–H groups in total. The smallest absolute Gasteiger partial charge is 0.407 e. The van der Waals surface area contributed by atoms with Crippen molar-refractivity contribution < 1.29 is 13.9 Å². The van der Waals surface area contributed by atoms with Crippen LogP contribution >= 0.6 is 0 Å². The van der Waals surface area contributed by atoms with Gasteiger partial charge in [0.15, 0.2) is 0 Å². The number of nitrogen functional groups attached to an aromatic ring is 1. The van der Waals surface area contributed by atoms with Crippen molar-refractivity contribution in [3.63, 3.8) is 0 Å². The number of alkyl carbamates (subject to hydrolysis) is 1. The van der Waals surface area contributed by atoms with E-state index in [-0.39, 0.29) is 0 Å². The van der Waals surface area contributed by atoms with Crippen LogP contribution in [0.15, 0.2) is 18.2 Å². The summed E-state index contributed by atoms with van der Waals surface area (Å²) in [5.74, 6) is -0.578. The van der Waals surface area contributed by atoms with Gasteiger partial charge in [0.1, 0.15) is 5.60 Å². The lowest BCUT2D eigenvalue weighted by Crippen LogP contribution is -2.32. The van der Waals surface area contributed by atoms with Crippen molar-refractivity contribution >= 4 is 17.9 Å². The molecule has 5 nitrogen and oxygen atoms in total. The van der Waals surface area contributed by atoms with Crippen molar-refractivity contribution in [3.05, 3.63) is 29.9 Å². The lowest BCUT2D eigenvalue weighted by Gasteiger charge is -2.19. The monoisotopic (exact) mass is 281 g/mol. The number of nitrogens with two attached hydrogens (primary N) is 1. The molecule has 1 rings (SSSR count). The van der Waals surface area contributed by atoms with Crippen molar-refractivity contribution in [2.75, 3.05) is 12.3 Å². The molecule has 0 aromatic carbocycles. The van der Waals surface area contributed by atoms with E-state index in [1.54, 1.807) is 32.9 Å². The summed E-state index contributed by atoms with van der Waals surface area (Å²) in [7, 11) is 0. The maximum Gasteiger partial charge on any atom is 0.407 e. The fourth-order valence-electron chi connectivity index (χ4n) is 1.36. The van der Waals surface area contributed by atoms with Crippen LogP contribution in [0.2, 0.25) is 0 Å². The van der Waals surface area contributed by atoms with E-state index >= 15 is 0 Å². The SMILES string of the molecule is CC(C)(C)OC(=O)NCCC=Cc1nc(F)ccc1N. The molecule has 0 saturated heterocycles. The highest BCUT2D eigenvalue weighted by Gasteiger charge is 2.15. The van der Waals surface area contributed by atoms with Crippen LogP contribution in [0, 0.1) is 5.95 Å². The Labute approximate surface area is 118 Å². The molecule has 1 amide bonds. The van der Waals surface area contributed by atoms with Crippen LogP contribution in [-0.4, -0.2) is 23.2 Å². The fraction of sp³-hybridized carbons (Fsp3) is 0.429. The lowest BCUT2D eigenvalue weighted by molar-refractivity contribution is 0.0529. The summed E-state index contributed by atoms with van der Waals surface area (Å²) in [4.78, 5) is 15.0. The normalized spacial score (nSPS) is 11.6. The van der Waals surface area contributed by atoms with Crippen molar-refractivity contribution in [3.8, 4) is 0 Å². The van der Waals surface area contributed by atoms with E-state index in [2.05, 4.69) is 10.3 Å². The number of aromatic nitrogens is 1. The van der Waals surface area contributed by atoms with E-state index in [0.29, 0.717) is 24.3 Å². The van der Waals surface area contributed by atoms with Crippen LogP contribution in [0.1, 0.15) is 32.9 Å². The summed E-state index contributed by atoms with van der Waals surface area (Å²) in [6.07, 6.45) is 3.48. The molecule has 0 atom stereocenters. The molecule has 0 aliphatic heterocycles. The maximum absolute atomic E-state index is 12.9. The fourth-order valence-corrected chi connectivity index (χ4v) is 1.36. The van der Waals surface area contributed by atoms with Gasteiger partial charge in [-0.15, -0.1) is 0 Å². The van der Waals surface area contributed by atoms with Crippen LogP contribution in [0.4, 0.5) is 14.9 Å². The first-order chi connectivity index (χ1) is 9.28. The first kappa shape index (κ1) is 15.9. The molecule has 0 unspecified atom stereocenters. The second-order valence-electron chi connectivity index (χ2n) is 5.23. The minimum Gasteiger partial charge on any atom is -0.444 e. The number of halogens is 1. The number of anilines is 1. The Bertz CT molecular complexity index is 496. The Hall–Kier alpha value is -2.11. The first-order valence-electron chi connectivity index (χ1n) is 6.33. The van der Waals surface area contributed by atoms with E-state index in [0.717, 1.165) is 0 Å². The number of pyridine rings is 1. The molecule has 1 heterocycles. The predicted molar refractivity (Wildman–Crippen MR) is 76.5 cm³/mol. The summed E-state index contributed by atoms with van der Waals surface area (Å²) < 4.78 is 18.0. The summed E-state index contributed by atoms with van der Waals surface area (Å²) in [5.41, 5.74) is 5.92. The van der Waals surface area contributed by atoms with Gasteiger partial charge in [0.2, 0.25) is 5.95 Å². The number of rotatable bonds is 4. The Balaban J connectivity index is 2.36. The number of carbonyl (C=O) groups excluding carboxylic acids is 1. The molecule has 0 saturated carbocycles. The summed E-state index contributed by atoms with van der Waals surface area (Å²) in [6.45, 7) is 5.81. The molecule has 1 aromatic heterocycles. The largest absolute Gasteiger partial charge is 0.444 e. The number of hydrogen-bond donors (Lipinski definition) is 2. The molecular formula is C14H20FN3O2. The third-order valence-corrected chi connectivity index (χ3v) is 2.18. The lowest BCUT2D eigenvalue weighted by atomic mass is 10.2. The van der Waals surface area contributed by atoms with Crippen LogP contribution in [0.25, 0.3) is 6.08 Å². The van der Waals surface area contributed by atoms with Crippen molar-refractivity contribution in [2.24, 2.45) is 0 Å². The van der Waals surface area contributed by atoms with Gasteiger partial charge in [0, 0.05) is 6.54 Å². The molecule has 0 fully saturated rings. The molecule has 6 heteroatoms. The van der Waals surface area contributed by atoms with Gasteiger partial charge < -0.3 is 15.8 Å². The molecule has 0 spiro atoms. The number of carbonyl (C=O) groups is 1. The number of hydrogen-bond acceptors (Lipinski definition) is 4. The van der Waals surface area contributed by atoms with E-state index in [1.165, 1.54) is 12.1 Å². The van der Waals surface area contributed by atoms with Gasteiger partial charge in [0.05, 0.1) is 11.4 Å².